The van der Waals surface area contributed by atoms with Gasteiger partial charge >= 0.3 is 0 Å². The first-order valence-electron chi connectivity index (χ1n) is 7.50. The van der Waals surface area contributed by atoms with E-state index in [1.54, 1.807) is 0 Å². The van der Waals surface area contributed by atoms with Gasteiger partial charge in [-0.25, -0.2) is 0 Å². The maximum Gasteiger partial charge on any atom is 0.0511 e. The number of hydrazine groups is 1. The molecule has 0 saturated heterocycles. The third-order valence-electron chi connectivity index (χ3n) is 4.34. The first kappa shape index (κ1) is 14.8. The molecule has 21 heavy (non-hydrogen) atoms. The molecular formula is C18H21BrN2. The van der Waals surface area contributed by atoms with E-state index in [-0.39, 0.29) is 6.04 Å². The summed E-state index contributed by atoms with van der Waals surface area (Å²) in [6.07, 6.45) is 4.65. The molecule has 3 N–H and O–H groups in total. The Morgan fingerprint density at radius 2 is 1.95 bits per heavy atom. The van der Waals surface area contributed by atoms with Gasteiger partial charge in [0.25, 0.3) is 0 Å². The standard InChI is InChI=1S/C18H21BrN2/c1-12-5-8-16(17(19)9-12)18(21-20)11-13-6-7-14-3-2-4-15(14)10-13/h5-10,18,21H,2-4,11,20H2,1H3. The van der Waals surface area contributed by atoms with Crippen LogP contribution >= 0.6 is 15.9 Å². The molecule has 0 aromatic heterocycles. The van der Waals surface area contributed by atoms with Crippen molar-refractivity contribution < 1.29 is 0 Å². The van der Waals surface area contributed by atoms with Crippen molar-refractivity contribution in [1.29, 1.82) is 0 Å². The second-order valence-corrected chi connectivity index (χ2v) is 6.76. The minimum atomic E-state index is 0.124. The molecule has 0 amide bonds. The van der Waals surface area contributed by atoms with Gasteiger partial charge in [0.15, 0.2) is 0 Å². The SMILES string of the molecule is Cc1ccc(C(Cc2ccc3c(c2)CCC3)NN)c(Br)c1. The zero-order chi connectivity index (χ0) is 14.8. The van der Waals surface area contributed by atoms with Crippen molar-refractivity contribution in [3.63, 3.8) is 0 Å². The number of hydrogen-bond donors (Lipinski definition) is 2. The van der Waals surface area contributed by atoms with Crippen LogP contribution < -0.4 is 11.3 Å². The lowest BCUT2D eigenvalue weighted by atomic mass is 9.96. The molecule has 0 radical (unpaired) electrons. The fraction of sp³-hybridized carbons (Fsp3) is 0.333. The molecule has 0 spiro atoms. The van der Waals surface area contributed by atoms with E-state index in [1.165, 1.54) is 47.1 Å². The van der Waals surface area contributed by atoms with Crippen LogP contribution in [-0.4, -0.2) is 0 Å². The van der Waals surface area contributed by atoms with Gasteiger partial charge in [-0.05, 0) is 66.5 Å². The fourth-order valence-corrected chi connectivity index (χ4v) is 3.93. The number of halogens is 1. The molecule has 110 valence electrons. The average molecular weight is 345 g/mol. The summed E-state index contributed by atoms with van der Waals surface area (Å²) < 4.78 is 1.12. The average Bonchev–Trinajstić information content (AvgIpc) is 2.93. The van der Waals surface area contributed by atoms with E-state index in [0.29, 0.717) is 0 Å². The Morgan fingerprint density at radius 1 is 1.14 bits per heavy atom. The highest BCUT2D eigenvalue weighted by molar-refractivity contribution is 9.10. The van der Waals surface area contributed by atoms with E-state index < -0.39 is 0 Å². The number of nitrogens with one attached hydrogen (secondary N) is 1. The second kappa shape index (κ2) is 6.30. The number of aryl methyl sites for hydroxylation is 3. The summed E-state index contributed by atoms with van der Waals surface area (Å²) in [5, 5.41) is 0. The molecule has 0 fully saturated rings. The van der Waals surface area contributed by atoms with Crippen LogP contribution in [0.1, 0.15) is 40.3 Å². The predicted octanol–water partition coefficient (Wildman–Crippen LogP) is 3.99. The van der Waals surface area contributed by atoms with Crippen LogP contribution in [-0.2, 0) is 19.3 Å². The van der Waals surface area contributed by atoms with Crippen molar-refractivity contribution in [2.24, 2.45) is 5.84 Å². The Hall–Kier alpha value is -1.16. The lowest BCUT2D eigenvalue weighted by Gasteiger charge is -2.19. The van der Waals surface area contributed by atoms with Crippen LogP contribution in [0.15, 0.2) is 40.9 Å². The quantitative estimate of drug-likeness (QED) is 0.649. The van der Waals surface area contributed by atoms with Gasteiger partial charge in [-0.15, -0.1) is 0 Å². The van der Waals surface area contributed by atoms with Gasteiger partial charge < -0.3 is 0 Å². The normalized spacial score (nSPS) is 15.0. The topological polar surface area (TPSA) is 38.0 Å². The predicted molar refractivity (Wildman–Crippen MR) is 91.1 cm³/mol. The summed E-state index contributed by atoms with van der Waals surface area (Å²) in [5.41, 5.74) is 9.82. The summed E-state index contributed by atoms with van der Waals surface area (Å²) >= 11 is 3.66. The molecule has 1 aliphatic rings. The largest absolute Gasteiger partial charge is 0.271 e. The molecule has 0 heterocycles. The summed E-state index contributed by atoms with van der Waals surface area (Å²) in [4.78, 5) is 0. The molecule has 0 bridgehead atoms. The van der Waals surface area contributed by atoms with E-state index >= 15 is 0 Å². The van der Waals surface area contributed by atoms with Crippen LogP contribution in [0.4, 0.5) is 0 Å². The molecule has 3 heteroatoms. The van der Waals surface area contributed by atoms with Gasteiger partial charge in [0.2, 0.25) is 0 Å². The third-order valence-corrected chi connectivity index (χ3v) is 5.02. The lowest BCUT2D eigenvalue weighted by Crippen LogP contribution is -2.29. The van der Waals surface area contributed by atoms with Crippen LogP contribution in [0.25, 0.3) is 0 Å². The molecule has 2 aromatic rings. The van der Waals surface area contributed by atoms with Crippen molar-refractivity contribution in [2.75, 3.05) is 0 Å². The Labute approximate surface area is 134 Å². The van der Waals surface area contributed by atoms with Gasteiger partial charge in [-0.2, -0.15) is 0 Å². The number of rotatable bonds is 4. The first-order chi connectivity index (χ1) is 10.2. The van der Waals surface area contributed by atoms with Gasteiger partial charge in [0.1, 0.15) is 0 Å². The van der Waals surface area contributed by atoms with Crippen molar-refractivity contribution in [2.45, 2.75) is 38.6 Å². The molecule has 0 saturated carbocycles. The Morgan fingerprint density at radius 3 is 2.71 bits per heavy atom. The van der Waals surface area contributed by atoms with E-state index in [9.17, 15) is 0 Å². The second-order valence-electron chi connectivity index (χ2n) is 5.90. The molecule has 3 rings (SSSR count). The third kappa shape index (κ3) is 3.20. The Bertz CT molecular complexity index is 652. The molecule has 1 unspecified atom stereocenters. The Kier molecular flexibility index (Phi) is 4.43. The fourth-order valence-electron chi connectivity index (χ4n) is 3.16. The van der Waals surface area contributed by atoms with Crippen LogP contribution in [0.3, 0.4) is 0 Å². The van der Waals surface area contributed by atoms with Crippen LogP contribution in [0.2, 0.25) is 0 Å². The first-order valence-corrected chi connectivity index (χ1v) is 8.29. The van der Waals surface area contributed by atoms with Gasteiger partial charge in [0.05, 0.1) is 6.04 Å². The summed E-state index contributed by atoms with van der Waals surface area (Å²) in [7, 11) is 0. The number of nitrogens with two attached hydrogens (primary N) is 1. The van der Waals surface area contributed by atoms with Crippen molar-refractivity contribution >= 4 is 15.9 Å². The summed E-state index contributed by atoms with van der Waals surface area (Å²) in [5.74, 6) is 5.80. The van der Waals surface area contributed by atoms with Crippen molar-refractivity contribution in [3.05, 3.63) is 68.7 Å². The highest BCUT2D eigenvalue weighted by Crippen LogP contribution is 2.29. The molecular weight excluding hydrogens is 324 g/mol. The summed E-state index contributed by atoms with van der Waals surface area (Å²) in [6.45, 7) is 2.10. The van der Waals surface area contributed by atoms with Gasteiger partial charge in [-0.3, -0.25) is 11.3 Å². The summed E-state index contributed by atoms with van der Waals surface area (Å²) in [6, 6.07) is 13.4. The molecule has 1 atom stereocenters. The zero-order valence-electron chi connectivity index (χ0n) is 12.3. The van der Waals surface area contributed by atoms with E-state index in [4.69, 9.17) is 5.84 Å². The van der Waals surface area contributed by atoms with Crippen molar-refractivity contribution in [3.8, 4) is 0 Å². The minimum Gasteiger partial charge on any atom is -0.271 e. The number of fused-ring (bicyclic) bond motifs is 1. The number of hydrogen-bond acceptors (Lipinski definition) is 2. The van der Waals surface area contributed by atoms with Crippen LogP contribution in [0, 0.1) is 6.92 Å². The Balaban J connectivity index is 1.84. The van der Waals surface area contributed by atoms with Gasteiger partial charge in [-0.1, -0.05) is 46.3 Å². The highest BCUT2D eigenvalue weighted by atomic mass is 79.9. The highest BCUT2D eigenvalue weighted by Gasteiger charge is 2.16. The zero-order valence-corrected chi connectivity index (χ0v) is 13.9. The lowest BCUT2D eigenvalue weighted by molar-refractivity contribution is 0.549. The smallest absolute Gasteiger partial charge is 0.0511 e. The van der Waals surface area contributed by atoms with E-state index in [2.05, 4.69) is 64.7 Å². The molecule has 0 aliphatic heterocycles. The monoisotopic (exact) mass is 344 g/mol. The number of benzene rings is 2. The van der Waals surface area contributed by atoms with Crippen molar-refractivity contribution in [1.82, 2.24) is 5.43 Å². The molecule has 1 aliphatic carbocycles. The minimum absolute atomic E-state index is 0.124. The molecule has 2 nitrogen and oxygen atoms in total. The van der Waals surface area contributed by atoms with Gasteiger partial charge in [0, 0.05) is 4.47 Å². The molecule has 2 aromatic carbocycles. The maximum absolute atomic E-state index is 5.80. The van der Waals surface area contributed by atoms with E-state index in [0.717, 1.165) is 10.9 Å². The van der Waals surface area contributed by atoms with E-state index in [1.807, 2.05) is 0 Å². The van der Waals surface area contributed by atoms with Crippen LogP contribution in [0.5, 0.6) is 0 Å². The maximum atomic E-state index is 5.80.